The normalized spacial score (nSPS) is 26.7. The van der Waals surface area contributed by atoms with Crippen molar-refractivity contribution in [3.8, 4) is 0 Å². The van der Waals surface area contributed by atoms with Crippen LogP contribution in [-0.2, 0) is 6.54 Å². The highest BCUT2D eigenvalue weighted by molar-refractivity contribution is 7.19. The van der Waals surface area contributed by atoms with Crippen LogP contribution in [0.2, 0.25) is 0 Å². The number of benzene rings is 1. The number of rotatable bonds is 2. The highest BCUT2D eigenvalue weighted by Crippen LogP contribution is 2.35. The molecule has 0 radical (unpaired) electrons. The maximum absolute atomic E-state index is 13.2. The molecule has 2 aliphatic heterocycles. The molecule has 6 heteroatoms. The first kappa shape index (κ1) is 14.9. The number of carbonyl (C=O) groups excluding carboxylic acids is 1. The number of nitrogens with one attached hydrogen (secondary N) is 1. The quantitative estimate of drug-likeness (QED) is 0.886. The number of aliphatic hydroxyl groups is 1. The fraction of sp³-hybridized carbons (Fsp3) is 0.471. The lowest BCUT2D eigenvalue weighted by Crippen LogP contribution is -2.51. The van der Waals surface area contributed by atoms with Gasteiger partial charge in [0, 0.05) is 21.7 Å². The lowest BCUT2D eigenvalue weighted by molar-refractivity contribution is 0.0542. The molecule has 2 atom stereocenters. The second-order valence-corrected chi connectivity index (χ2v) is 7.64. The predicted octanol–water partition coefficient (Wildman–Crippen LogP) is 3.24. The maximum atomic E-state index is 13.2. The first-order valence-corrected chi connectivity index (χ1v) is 8.84. The van der Waals surface area contributed by atoms with Gasteiger partial charge in [-0.05, 0) is 55.3 Å². The minimum Gasteiger partial charge on any atom is -0.393 e. The van der Waals surface area contributed by atoms with Crippen molar-refractivity contribution in [2.75, 3.05) is 0 Å². The molecule has 4 nitrogen and oxygen atoms in total. The number of hydrogen-bond donors (Lipinski definition) is 2. The minimum absolute atomic E-state index is 0.0481. The van der Waals surface area contributed by atoms with Gasteiger partial charge in [-0.2, -0.15) is 0 Å². The molecule has 1 aromatic heterocycles. The van der Waals surface area contributed by atoms with Gasteiger partial charge in [0.2, 0.25) is 0 Å². The van der Waals surface area contributed by atoms with Crippen LogP contribution in [0.25, 0.3) is 10.1 Å². The standard InChI is InChI=1S/C17H19FN2O2S/c18-11-1-4-16-10(5-11)6-15(23-16)9-19-17(22)20-12-2-3-13(20)8-14(21)7-12/h1,4-6,12-14,21H,2-3,7-9H2,(H,19,22). The van der Waals surface area contributed by atoms with E-state index < -0.39 is 0 Å². The Kier molecular flexibility index (Phi) is 3.73. The van der Waals surface area contributed by atoms with Crippen molar-refractivity contribution < 1.29 is 14.3 Å². The Morgan fingerprint density at radius 1 is 1.30 bits per heavy atom. The Labute approximate surface area is 137 Å². The fourth-order valence-electron chi connectivity index (χ4n) is 3.89. The molecule has 0 aliphatic carbocycles. The number of amides is 2. The number of aliphatic hydroxyl groups excluding tert-OH is 1. The zero-order valence-corrected chi connectivity index (χ0v) is 13.5. The van der Waals surface area contributed by atoms with Crippen molar-refractivity contribution in [2.24, 2.45) is 0 Å². The lowest BCUT2D eigenvalue weighted by atomic mass is 10.0. The van der Waals surface area contributed by atoms with Gasteiger partial charge in [0.05, 0.1) is 12.6 Å². The van der Waals surface area contributed by atoms with E-state index in [1.54, 1.807) is 17.4 Å². The third-order valence-corrected chi connectivity index (χ3v) is 6.00. The molecule has 2 aromatic rings. The van der Waals surface area contributed by atoms with E-state index in [-0.39, 0.29) is 30.0 Å². The molecule has 1 aromatic carbocycles. The number of nitrogens with zero attached hydrogens (tertiary/aromatic N) is 1. The molecular formula is C17H19FN2O2S. The smallest absolute Gasteiger partial charge is 0.318 e. The summed E-state index contributed by atoms with van der Waals surface area (Å²) in [6.07, 6.45) is 3.07. The molecule has 0 spiro atoms. The van der Waals surface area contributed by atoms with Crippen LogP contribution >= 0.6 is 11.3 Å². The van der Waals surface area contributed by atoms with Crippen molar-refractivity contribution in [2.45, 2.75) is 50.4 Å². The second kappa shape index (κ2) is 5.76. The molecule has 2 aliphatic rings. The summed E-state index contributed by atoms with van der Waals surface area (Å²) >= 11 is 1.57. The summed E-state index contributed by atoms with van der Waals surface area (Å²) in [7, 11) is 0. The maximum Gasteiger partial charge on any atom is 0.318 e. The van der Waals surface area contributed by atoms with E-state index in [0.717, 1.165) is 27.8 Å². The fourth-order valence-corrected chi connectivity index (χ4v) is 4.87. The third-order valence-electron chi connectivity index (χ3n) is 4.89. The number of thiophene rings is 1. The summed E-state index contributed by atoms with van der Waals surface area (Å²) in [6.45, 7) is 0.457. The Hall–Kier alpha value is -1.66. The Morgan fingerprint density at radius 2 is 2.04 bits per heavy atom. The molecule has 2 fully saturated rings. The molecule has 4 rings (SSSR count). The summed E-state index contributed by atoms with van der Waals surface area (Å²) < 4.78 is 14.3. The van der Waals surface area contributed by atoms with Gasteiger partial charge in [0.15, 0.2) is 0 Å². The molecule has 3 heterocycles. The van der Waals surface area contributed by atoms with E-state index in [4.69, 9.17) is 0 Å². The molecule has 2 bridgehead atoms. The molecular weight excluding hydrogens is 315 g/mol. The van der Waals surface area contributed by atoms with Crippen molar-refractivity contribution in [1.29, 1.82) is 0 Å². The van der Waals surface area contributed by atoms with Crippen LogP contribution in [-0.4, -0.2) is 34.2 Å². The second-order valence-electron chi connectivity index (χ2n) is 6.47. The van der Waals surface area contributed by atoms with Crippen LogP contribution in [0, 0.1) is 5.82 Å². The van der Waals surface area contributed by atoms with Crippen LogP contribution in [0.4, 0.5) is 9.18 Å². The van der Waals surface area contributed by atoms with Crippen molar-refractivity contribution in [3.63, 3.8) is 0 Å². The number of hydrogen-bond acceptors (Lipinski definition) is 3. The number of carbonyl (C=O) groups is 1. The van der Waals surface area contributed by atoms with E-state index in [9.17, 15) is 14.3 Å². The lowest BCUT2D eigenvalue weighted by Gasteiger charge is -2.37. The largest absolute Gasteiger partial charge is 0.393 e. The number of halogens is 1. The van der Waals surface area contributed by atoms with Gasteiger partial charge in [0.25, 0.3) is 0 Å². The Bertz CT molecular complexity index is 733. The van der Waals surface area contributed by atoms with E-state index in [1.807, 2.05) is 11.0 Å². The monoisotopic (exact) mass is 334 g/mol. The zero-order valence-electron chi connectivity index (χ0n) is 12.7. The van der Waals surface area contributed by atoms with Gasteiger partial charge in [-0.25, -0.2) is 9.18 Å². The van der Waals surface area contributed by atoms with Gasteiger partial charge in [-0.1, -0.05) is 0 Å². The van der Waals surface area contributed by atoms with Crippen molar-refractivity contribution >= 4 is 27.5 Å². The molecule has 2 saturated heterocycles. The van der Waals surface area contributed by atoms with Crippen LogP contribution in [0.3, 0.4) is 0 Å². The predicted molar refractivity (Wildman–Crippen MR) is 87.9 cm³/mol. The average molecular weight is 334 g/mol. The summed E-state index contributed by atoms with van der Waals surface area (Å²) in [6, 6.07) is 6.96. The SMILES string of the molecule is O=C(NCc1cc2cc(F)ccc2s1)N1C2CCC1CC(O)C2. The van der Waals surface area contributed by atoms with Crippen LogP contribution in [0.15, 0.2) is 24.3 Å². The third kappa shape index (κ3) is 2.81. The summed E-state index contributed by atoms with van der Waals surface area (Å²) in [5, 5.41) is 13.7. The topological polar surface area (TPSA) is 52.6 Å². The van der Waals surface area contributed by atoms with E-state index in [0.29, 0.717) is 19.4 Å². The molecule has 2 N–H and O–H groups in total. The van der Waals surface area contributed by atoms with Gasteiger partial charge >= 0.3 is 6.03 Å². The molecule has 2 unspecified atom stereocenters. The van der Waals surface area contributed by atoms with E-state index in [1.165, 1.54) is 12.1 Å². The van der Waals surface area contributed by atoms with Gasteiger partial charge in [-0.3, -0.25) is 0 Å². The van der Waals surface area contributed by atoms with Gasteiger partial charge in [0.1, 0.15) is 5.82 Å². The first-order chi connectivity index (χ1) is 11.1. The van der Waals surface area contributed by atoms with Crippen LogP contribution in [0.5, 0.6) is 0 Å². The average Bonchev–Trinajstić information content (AvgIpc) is 3.03. The van der Waals surface area contributed by atoms with Crippen LogP contribution < -0.4 is 5.32 Å². The molecule has 0 saturated carbocycles. The number of piperidine rings is 1. The van der Waals surface area contributed by atoms with Crippen molar-refractivity contribution in [1.82, 2.24) is 10.2 Å². The minimum atomic E-state index is -0.269. The Morgan fingerprint density at radius 3 is 2.78 bits per heavy atom. The van der Waals surface area contributed by atoms with E-state index in [2.05, 4.69) is 5.32 Å². The molecule has 122 valence electrons. The molecule has 23 heavy (non-hydrogen) atoms. The van der Waals surface area contributed by atoms with E-state index >= 15 is 0 Å². The van der Waals surface area contributed by atoms with Gasteiger partial charge < -0.3 is 15.3 Å². The Balaban J connectivity index is 1.43. The highest BCUT2D eigenvalue weighted by atomic mass is 32.1. The first-order valence-electron chi connectivity index (χ1n) is 8.02. The zero-order chi connectivity index (χ0) is 16.0. The summed E-state index contributed by atoms with van der Waals surface area (Å²) in [4.78, 5) is 15.4. The summed E-state index contributed by atoms with van der Waals surface area (Å²) in [5.41, 5.74) is 0. The van der Waals surface area contributed by atoms with Crippen molar-refractivity contribution in [3.05, 3.63) is 35.0 Å². The van der Waals surface area contributed by atoms with Gasteiger partial charge in [-0.15, -0.1) is 11.3 Å². The van der Waals surface area contributed by atoms with Crippen LogP contribution in [0.1, 0.15) is 30.6 Å². The molecule has 2 amide bonds. The highest BCUT2D eigenvalue weighted by Gasteiger charge is 2.42. The number of fused-ring (bicyclic) bond motifs is 3. The number of urea groups is 1. The summed E-state index contributed by atoms with van der Waals surface area (Å²) in [5.74, 6) is -0.241.